The molecule has 1 atom stereocenters. The van der Waals surface area contributed by atoms with Crippen LogP contribution in [-0.4, -0.2) is 19.6 Å². The van der Waals surface area contributed by atoms with Crippen LogP contribution in [0.15, 0.2) is 54.6 Å². The van der Waals surface area contributed by atoms with Crippen LogP contribution in [0.3, 0.4) is 0 Å². The van der Waals surface area contributed by atoms with Gasteiger partial charge in [-0.05, 0) is 51.6 Å². The Morgan fingerprint density at radius 3 is 2.09 bits per heavy atom. The van der Waals surface area contributed by atoms with Gasteiger partial charge in [-0.15, -0.1) is 0 Å². The Bertz CT molecular complexity index is 624. The van der Waals surface area contributed by atoms with Crippen molar-refractivity contribution in [2.45, 2.75) is 32.4 Å². The maximum absolute atomic E-state index is 3.30. The van der Waals surface area contributed by atoms with Gasteiger partial charge in [-0.1, -0.05) is 42.5 Å². The molecule has 2 aromatic carbocycles. The van der Waals surface area contributed by atoms with Gasteiger partial charge in [0.1, 0.15) is 6.67 Å². The number of para-hydroxylation sites is 2. The first-order valence-electron chi connectivity index (χ1n) is 8.42. The second-order valence-electron chi connectivity index (χ2n) is 6.33. The zero-order valence-electron chi connectivity index (χ0n) is 14.2. The fraction of sp³-hybridized carbons (Fsp3) is 0.350. The third kappa shape index (κ3) is 3.20. The first-order chi connectivity index (χ1) is 11.2. The van der Waals surface area contributed by atoms with Gasteiger partial charge in [0, 0.05) is 6.04 Å². The molecule has 0 saturated heterocycles. The lowest BCUT2D eigenvalue weighted by molar-refractivity contribution is 0.580. The molecule has 23 heavy (non-hydrogen) atoms. The van der Waals surface area contributed by atoms with Crippen LogP contribution in [0.4, 0.5) is 11.4 Å². The first-order valence-corrected chi connectivity index (χ1v) is 8.42. The molecular weight excluding hydrogens is 282 g/mol. The Morgan fingerprint density at radius 2 is 1.48 bits per heavy atom. The summed E-state index contributed by atoms with van der Waals surface area (Å²) in [6.45, 7) is 7.75. The number of hydrogen-bond donors (Lipinski definition) is 1. The molecule has 0 aliphatic carbocycles. The van der Waals surface area contributed by atoms with Gasteiger partial charge in [-0.3, -0.25) is 0 Å². The summed E-state index contributed by atoms with van der Waals surface area (Å²) in [4.78, 5) is 4.80. The highest BCUT2D eigenvalue weighted by molar-refractivity contribution is 5.79. The molecule has 0 bridgehead atoms. The van der Waals surface area contributed by atoms with Crippen LogP contribution < -0.4 is 15.1 Å². The highest BCUT2D eigenvalue weighted by Gasteiger charge is 2.32. The fourth-order valence-corrected chi connectivity index (χ4v) is 3.24. The molecule has 0 saturated carbocycles. The van der Waals surface area contributed by atoms with E-state index in [-0.39, 0.29) is 0 Å². The van der Waals surface area contributed by atoms with Crippen molar-refractivity contribution in [1.29, 1.82) is 0 Å². The van der Waals surface area contributed by atoms with E-state index in [0.29, 0.717) is 12.1 Å². The second-order valence-corrected chi connectivity index (χ2v) is 6.33. The Kier molecular flexibility index (Phi) is 4.87. The minimum Gasteiger partial charge on any atom is -0.344 e. The third-order valence-corrected chi connectivity index (χ3v) is 4.43. The van der Waals surface area contributed by atoms with Crippen molar-refractivity contribution in [3.05, 3.63) is 66.8 Å². The summed E-state index contributed by atoms with van der Waals surface area (Å²) < 4.78 is 0. The van der Waals surface area contributed by atoms with Crippen molar-refractivity contribution < 1.29 is 0 Å². The topological polar surface area (TPSA) is 18.5 Å². The average Bonchev–Trinajstić information content (AvgIpc) is 2.96. The number of hydrogen-bond acceptors (Lipinski definition) is 3. The van der Waals surface area contributed by atoms with Crippen LogP contribution in [0.25, 0.3) is 0 Å². The molecule has 0 amide bonds. The van der Waals surface area contributed by atoms with E-state index in [4.69, 9.17) is 0 Å². The van der Waals surface area contributed by atoms with E-state index in [0.717, 1.165) is 13.0 Å². The summed E-state index contributed by atoms with van der Waals surface area (Å²) in [7, 11) is 2.02. The maximum Gasteiger partial charge on any atom is 0.143 e. The molecule has 3 heteroatoms. The molecule has 2 aromatic rings. The number of nitrogens with one attached hydrogen (secondary N) is 1. The zero-order valence-corrected chi connectivity index (χ0v) is 14.2. The summed E-state index contributed by atoms with van der Waals surface area (Å²) in [6.07, 6.45) is 1.07. The minimum absolute atomic E-state index is 0.341. The Hall–Kier alpha value is -2.00. The Morgan fingerprint density at radius 1 is 0.870 bits per heavy atom. The smallest absolute Gasteiger partial charge is 0.143 e. The van der Waals surface area contributed by atoms with E-state index < -0.39 is 0 Å². The second kappa shape index (κ2) is 7.05. The van der Waals surface area contributed by atoms with E-state index >= 15 is 0 Å². The van der Waals surface area contributed by atoms with Gasteiger partial charge in [-0.2, -0.15) is 0 Å². The summed E-state index contributed by atoms with van der Waals surface area (Å²) >= 11 is 0. The lowest BCUT2D eigenvalue weighted by Gasteiger charge is -2.31. The Balaban J connectivity index is 1.97. The van der Waals surface area contributed by atoms with Gasteiger partial charge in [0.15, 0.2) is 0 Å². The van der Waals surface area contributed by atoms with Crippen LogP contribution in [0.1, 0.15) is 31.9 Å². The number of rotatable bonds is 6. The maximum atomic E-state index is 3.30. The molecular formula is C20H26N3. The minimum atomic E-state index is 0.341. The van der Waals surface area contributed by atoms with E-state index in [1.54, 1.807) is 0 Å². The summed E-state index contributed by atoms with van der Waals surface area (Å²) in [6, 6.07) is 20.3. The fourth-order valence-electron chi connectivity index (χ4n) is 3.24. The van der Waals surface area contributed by atoms with Crippen LogP contribution in [0.2, 0.25) is 0 Å². The molecule has 1 heterocycles. The third-order valence-electron chi connectivity index (χ3n) is 4.43. The predicted octanol–water partition coefficient (Wildman–Crippen LogP) is 4.19. The van der Waals surface area contributed by atoms with Crippen molar-refractivity contribution >= 4 is 11.4 Å². The molecule has 1 aliphatic rings. The van der Waals surface area contributed by atoms with Crippen molar-refractivity contribution in [1.82, 2.24) is 5.32 Å². The predicted molar refractivity (Wildman–Crippen MR) is 98.6 cm³/mol. The summed E-state index contributed by atoms with van der Waals surface area (Å²) in [5.41, 5.74) is 3.96. The number of nitrogens with zero attached hydrogens (tertiary/aromatic N) is 2. The largest absolute Gasteiger partial charge is 0.344 e. The van der Waals surface area contributed by atoms with Gasteiger partial charge in [0.2, 0.25) is 0 Å². The molecule has 1 N–H and O–H groups in total. The molecule has 0 spiro atoms. The first kappa shape index (κ1) is 15.9. The number of anilines is 2. The molecule has 1 radical (unpaired) electrons. The quantitative estimate of drug-likeness (QED) is 0.863. The highest BCUT2D eigenvalue weighted by Crippen LogP contribution is 2.44. The van der Waals surface area contributed by atoms with E-state index in [9.17, 15) is 0 Å². The van der Waals surface area contributed by atoms with Crippen LogP contribution in [0.5, 0.6) is 0 Å². The molecule has 0 fully saturated rings. The molecule has 3 rings (SSSR count). The average molecular weight is 308 g/mol. The normalized spacial score (nSPS) is 15.1. The van der Waals surface area contributed by atoms with Gasteiger partial charge >= 0.3 is 0 Å². The van der Waals surface area contributed by atoms with Crippen LogP contribution in [0, 0.1) is 6.67 Å². The van der Waals surface area contributed by atoms with Gasteiger partial charge in [-0.25, -0.2) is 0 Å². The van der Waals surface area contributed by atoms with E-state index in [2.05, 4.69) is 90.2 Å². The van der Waals surface area contributed by atoms with Crippen molar-refractivity contribution in [2.24, 2.45) is 0 Å². The van der Waals surface area contributed by atoms with E-state index in [1.807, 2.05) is 7.05 Å². The lowest BCUT2D eigenvalue weighted by Crippen LogP contribution is -2.33. The standard InChI is InChI=1S/C20H26N3/c1-16(2)22-15-23(20-12-8-7-11-19(20)22)18(13-14-21-3)17-9-5-4-6-10-17/h4-12,15-16,18,21H,13-14H2,1-3H3/t18-/m0/s1. The van der Waals surface area contributed by atoms with Crippen molar-refractivity contribution in [3.63, 3.8) is 0 Å². The molecule has 0 aromatic heterocycles. The molecule has 121 valence electrons. The van der Waals surface area contributed by atoms with Gasteiger partial charge in [0.05, 0.1) is 17.4 Å². The van der Waals surface area contributed by atoms with Crippen molar-refractivity contribution in [2.75, 3.05) is 23.4 Å². The summed E-state index contributed by atoms with van der Waals surface area (Å²) in [5, 5.41) is 3.30. The van der Waals surface area contributed by atoms with Crippen LogP contribution in [-0.2, 0) is 0 Å². The number of benzene rings is 2. The van der Waals surface area contributed by atoms with Gasteiger partial charge < -0.3 is 15.1 Å². The molecule has 0 unspecified atom stereocenters. The summed E-state index contributed by atoms with van der Waals surface area (Å²) in [5.74, 6) is 0. The Labute approximate surface area is 139 Å². The number of fused-ring (bicyclic) bond motifs is 1. The van der Waals surface area contributed by atoms with E-state index in [1.165, 1.54) is 16.9 Å². The van der Waals surface area contributed by atoms with Crippen molar-refractivity contribution in [3.8, 4) is 0 Å². The zero-order chi connectivity index (χ0) is 16.2. The SMILES string of the molecule is CNCC[C@@H](c1ccccc1)N1[CH]N(C(C)C)c2ccccc21. The van der Waals surface area contributed by atoms with Gasteiger partial charge in [0.25, 0.3) is 0 Å². The van der Waals surface area contributed by atoms with Crippen LogP contribution >= 0.6 is 0 Å². The monoisotopic (exact) mass is 308 g/mol. The lowest BCUT2D eigenvalue weighted by atomic mass is 10.0. The molecule has 3 nitrogen and oxygen atoms in total. The highest BCUT2D eigenvalue weighted by atomic mass is 15.4. The molecule has 1 aliphatic heterocycles.